The van der Waals surface area contributed by atoms with Crippen molar-refractivity contribution in [2.75, 3.05) is 7.11 Å². The maximum absolute atomic E-state index is 12.4. The summed E-state index contributed by atoms with van der Waals surface area (Å²) in [5.74, 6) is 1.50. The van der Waals surface area contributed by atoms with E-state index in [1.54, 1.807) is 19.5 Å². The topological polar surface area (TPSA) is 81.1 Å². The normalized spacial score (nSPS) is 11.6. The second-order valence-corrected chi connectivity index (χ2v) is 5.75. The molecular weight excluding hydrogens is 330 g/mol. The van der Waals surface area contributed by atoms with Crippen LogP contribution >= 0.6 is 0 Å². The number of urea groups is 1. The lowest BCUT2D eigenvalue weighted by atomic mass is 10.1. The van der Waals surface area contributed by atoms with Gasteiger partial charge in [-0.15, -0.1) is 0 Å². The summed E-state index contributed by atoms with van der Waals surface area (Å²) in [5.41, 5.74) is 1.70. The number of nitrogens with one attached hydrogen (secondary N) is 2. The van der Waals surface area contributed by atoms with Gasteiger partial charge in [0.05, 0.1) is 19.3 Å². The van der Waals surface area contributed by atoms with Gasteiger partial charge >= 0.3 is 6.03 Å². The summed E-state index contributed by atoms with van der Waals surface area (Å²) in [6.45, 7) is 0.350. The minimum Gasteiger partial charge on any atom is -0.497 e. The molecule has 7 nitrogen and oxygen atoms in total. The van der Waals surface area contributed by atoms with Gasteiger partial charge < -0.3 is 19.9 Å². The van der Waals surface area contributed by atoms with Crippen LogP contribution in [0.1, 0.15) is 23.1 Å². The molecule has 134 valence electrons. The third-order valence-corrected chi connectivity index (χ3v) is 4.00. The highest BCUT2D eigenvalue weighted by Crippen LogP contribution is 2.22. The SMILES string of the molecule is COc1ccc(C(NC(=O)NCc2ccccn2)c2nccn2C)cc1. The molecule has 3 rings (SSSR count). The summed E-state index contributed by atoms with van der Waals surface area (Å²) in [5, 5.41) is 5.81. The van der Waals surface area contributed by atoms with Crippen molar-refractivity contribution in [2.45, 2.75) is 12.6 Å². The molecule has 0 bridgehead atoms. The molecule has 2 heterocycles. The van der Waals surface area contributed by atoms with E-state index in [1.165, 1.54) is 0 Å². The summed E-state index contributed by atoms with van der Waals surface area (Å²) in [6, 6.07) is 12.5. The molecule has 26 heavy (non-hydrogen) atoms. The Kier molecular flexibility index (Phi) is 5.48. The minimum absolute atomic E-state index is 0.292. The molecule has 0 aliphatic heterocycles. The van der Waals surface area contributed by atoms with Crippen LogP contribution in [0.5, 0.6) is 5.75 Å². The van der Waals surface area contributed by atoms with E-state index in [0.29, 0.717) is 6.54 Å². The van der Waals surface area contributed by atoms with E-state index in [1.807, 2.05) is 60.3 Å². The van der Waals surface area contributed by atoms with Gasteiger partial charge in [0.1, 0.15) is 17.6 Å². The van der Waals surface area contributed by atoms with Gasteiger partial charge in [-0.25, -0.2) is 9.78 Å². The number of carbonyl (C=O) groups excluding carboxylic acids is 1. The Labute approximate surface area is 152 Å². The quantitative estimate of drug-likeness (QED) is 0.715. The molecule has 3 aromatic rings. The van der Waals surface area contributed by atoms with Gasteiger partial charge in [-0.1, -0.05) is 18.2 Å². The van der Waals surface area contributed by atoms with E-state index >= 15 is 0 Å². The number of amides is 2. The Balaban J connectivity index is 1.75. The molecule has 0 spiro atoms. The van der Waals surface area contributed by atoms with E-state index in [2.05, 4.69) is 20.6 Å². The number of carbonyl (C=O) groups is 1. The van der Waals surface area contributed by atoms with Crippen molar-refractivity contribution in [1.29, 1.82) is 0 Å². The van der Waals surface area contributed by atoms with Gasteiger partial charge in [-0.3, -0.25) is 4.98 Å². The van der Waals surface area contributed by atoms with Gasteiger partial charge in [0.25, 0.3) is 0 Å². The van der Waals surface area contributed by atoms with Gasteiger partial charge in [0.2, 0.25) is 0 Å². The van der Waals surface area contributed by atoms with Crippen LogP contribution in [0, 0.1) is 0 Å². The summed E-state index contributed by atoms with van der Waals surface area (Å²) in [7, 11) is 3.51. The van der Waals surface area contributed by atoms with Gasteiger partial charge in [-0.2, -0.15) is 0 Å². The molecule has 2 N–H and O–H groups in total. The Morgan fingerprint density at radius 3 is 2.58 bits per heavy atom. The molecule has 2 amide bonds. The molecule has 7 heteroatoms. The fraction of sp³-hybridized carbons (Fsp3) is 0.211. The van der Waals surface area contributed by atoms with Crippen LogP contribution in [0.25, 0.3) is 0 Å². The largest absolute Gasteiger partial charge is 0.497 e. The lowest BCUT2D eigenvalue weighted by molar-refractivity contribution is 0.237. The number of aryl methyl sites for hydroxylation is 1. The van der Waals surface area contributed by atoms with Crippen molar-refractivity contribution in [3.8, 4) is 5.75 Å². The van der Waals surface area contributed by atoms with Crippen LogP contribution in [0.3, 0.4) is 0 Å². The molecule has 0 radical (unpaired) electrons. The highest BCUT2D eigenvalue weighted by atomic mass is 16.5. The zero-order valence-electron chi connectivity index (χ0n) is 14.7. The lowest BCUT2D eigenvalue weighted by Gasteiger charge is -2.19. The first kappa shape index (κ1) is 17.5. The molecule has 1 aromatic carbocycles. The smallest absolute Gasteiger partial charge is 0.315 e. The number of nitrogens with zero attached hydrogens (tertiary/aromatic N) is 3. The molecule has 1 unspecified atom stereocenters. The maximum Gasteiger partial charge on any atom is 0.315 e. The minimum atomic E-state index is -0.385. The number of ether oxygens (including phenoxy) is 1. The molecular formula is C19H21N5O2. The van der Waals surface area contributed by atoms with Crippen LogP contribution in [-0.4, -0.2) is 27.7 Å². The van der Waals surface area contributed by atoms with E-state index in [0.717, 1.165) is 22.8 Å². The van der Waals surface area contributed by atoms with E-state index in [4.69, 9.17) is 4.74 Å². The number of benzene rings is 1. The molecule has 0 aliphatic carbocycles. The zero-order valence-corrected chi connectivity index (χ0v) is 14.7. The Hall–Kier alpha value is -3.35. The first-order valence-electron chi connectivity index (χ1n) is 8.23. The third kappa shape index (κ3) is 4.18. The van der Waals surface area contributed by atoms with Gasteiger partial charge in [0, 0.05) is 25.6 Å². The van der Waals surface area contributed by atoms with Crippen LogP contribution < -0.4 is 15.4 Å². The number of aromatic nitrogens is 3. The van der Waals surface area contributed by atoms with Crippen LogP contribution in [0.15, 0.2) is 61.1 Å². The predicted molar refractivity (Wildman–Crippen MR) is 97.7 cm³/mol. The van der Waals surface area contributed by atoms with Gasteiger partial charge in [0.15, 0.2) is 0 Å². The molecule has 0 fully saturated rings. The molecule has 1 atom stereocenters. The average Bonchev–Trinajstić information content (AvgIpc) is 3.11. The van der Waals surface area contributed by atoms with E-state index < -0.39 is 0 Å². The Morgan fingerprint density at radius 2 is 1.96 bits per heavy atom. The summed E-state index contributed by atoms with van der Waals surface area (Å²) in [6.07, 6.45) is 5.25. The van der Waals surface area contributed by atoms with Crippen molar-refractivity contribution < 1.29 is 9.53 Å². The summed E-state index contributed by atoms with van der Waals surface area (Å²) < 4.78 is 7.09. The monoisotopic (exact) mass is 351 g/mol. The number of methoxy groups -OCH3 is 1. The number of hydrogen-bond acceptors (Lipinski definition) is 4. The fourth-order valence-corrected chi connectivity index (χ4v) is 2.60. The Morgan fingerprint density at radius 1 is 1.15 bits per heavy atom. The summed E-state index contributed by atoms with van der Waals surface area (Å²) in [4.78, 5) is 21.0. The van der Waals surface area contributed by atoms with E-state index in [9.17, 15) is 4.79 Å². The first-order chi connectivity index (χ1) is 12.7. The van der Waals surface area contributed by atoms with Crippen LogP contribution in [0.2, 0.25) is 0 Å². The third-order valence-electron chi connectivity index (χ3n) is 4.00. The van der Waals surface area contributed by atoms with Crippen molar-refractivity contribution in [2.24, 2.45) is 7.05 Å². The van der Waals surface area contributed by atoms with Crippen LogP contribution in [-0.2, 0) is 13.6 Å². The van der Waals surface area contributed by atoms with Crippen molar-refractivity contribution in [3.63, 3.8) is 0 Å². The number of pyridine rings is 1. The van der Waals surface area contributed by atoms with Crippen molar-refractivity contribution in [1.82, 2.24) is 25.2 Å². The number of imidazole rings is 1. The second kappa shape index (κ2) is 8.15. The molecule has 0 saturated heterocycles. The molecule has 0 aliphatic rings. The molecule has 2 aromatic heterocycles. The van der Waals surface area contributed by atoms with E-state index in [-0.39, 0.29) is 12.1 Å². The zero-order chi connectivity index (χ0) is 18.4. The van der Waals surface area contributed by atoms with Crippen molar-refractivity contribution >= 4 is 6.03 Å². The second-order valence-electron chi connectivity index (χ2n) is 5.75. The molecule has 0 saturated carbocycles. The highest BCUT2D eigenvalue weighted by molar-refractivity contribution is 5.74. The first-order valence-corrected chi connectivity index (χ1v) is 8.23. The predicted octanol–water partition coefficient (Wildman–Crippen LogP) is 2.41. The average molecular weight is 351 g/mol. The Bertz CT molecular complexity index is 846. The number of hydrogen-bond donors (Lipinski definition) is 2. The highest BCUT2D eigenvalue weighted by Gasteiger charge is 2.20. The van der Waals surface area contributed by atoms with Crippen LogP contribution in [0.4, 0.5) is 4.79 Å². The van der Waals surface area contributed by atoms with Gasteiger partial charge in [-0.05, 0) is 29.8 Å². The maximum atomic E-state index is 12.4. The standard InChI is InChI=1S/C19H21N5O2/c1-24-12-11-21-18(24)17(14-6-8-16(26-2)9-7-14)23-19(25)22-13-15-5-3-4-10-20-15/h3-12,17H,13H2,1-2H3,(H2,22,23,25). The fourth-order valence-electron chi connectivity index (χ4n) is 2.60. The summed E-state index contributed by atoms with van der Waals surface area (Å²) >= 11 is 0. The van der Waals surface area contributed by atoms with Crippen molar-refractivity contribution in [3.05, 3.63) is 78.1 Å². The lowest BCUT2D eigenvalue weighted by Crippen LogP contribution is -2.39. The number of rotatable bonds is 6.